The third-order valence-corrected chi connectivity index (χ3v) is 3.08. The minimum atomic E-state index is 0.289. The molecule has 2 nitrogen and oxygen atoms in total. The fourth-order valence-corrected chi connectivity index (χ4v) is 2.08. The van der Waals surface area contributed by atoms with Gasteiger partial charge in [-0.05, 0) is 30.5 Å². The summed E-state index contributed by atoms with van der Waals surface area (Å²) < 4.78 is 0. The third-order valence-electron chi connectivity index (χ3n) is 3.08. The van der Waals surface area contributed by atoms with Crippen molar-refractivity contribution in [3.8, 4) is 0 Å². The molecule has 2 rings (SSSR count). The zero-order valence-electron chi connectivity index (χ0n) is 9.42. The van der Waals surface area contributed by atoms with Crippen LogP contribution in [0.3, 0.4) is 0 Å². The molecule has 0 aromatic heterocycles. The molecular weight excluding hydrogens is 186 g/mol. The number of carbonyl (C=O) groups excluding carboxylic acids is 1. The number of carbonyl (C=O) groups is 1. The minimum Gasteiger partial charge on any atom is -0.374 e. The van der Waals surface area contributed by atoms with Gasteiger partial charge >= 0.3 is 0 Å². The van der Waals surface area contributed by atoms with Crippen molar-refractivity contribution in [3.63, 3.8) is 0 Å². The fraction of sp³-hybridized carbons (Fsp3) is 0.462. The average Bonchev–Trinajstić information content (AvgIpc) is 2.40. The van der Waals surface area contributed by atoms with E-state index >= 15 is 0 Å². The number of anilines is 1. The number of aryl methyl sites for hydroxylation is 1. The molecule has 0 radical (unpaired) electrons. The quantitative estimate of drug-likeness (QED) is 0.699. The Morgan fingerprint density at radius 2 is 2.20 bits per heavy atom. The largest absolute Gasteiger partial charge is 0.374 e. The number of hydrogen-bond donors (Lipinski definition) is 0. The van der Waals surface area contributed by atoms with Gasteiger partial charge in [-0.2, -0.15) is 0 Å². The van der Waals surface area contributed by atoms with Crippen molar-refractivity contribution in [2.45, 2.75) is 26.2 Å². The van der Waals surface area contributed by atoms with Gasteiger partial charge in [0.05, 0.1) is 0 Å². The van der Waals surface area contributed by atoms with Gasteiger partial charge < -0.3 is 4.90 Å². The molecule has 0 fully saturated rings. The zero-order chi connectivity index (χ0) is 10.8. The first-order valence-corrected chi connectivity index (χ1v) is 5.59. The Labute approximate surface area is 90.9 Å². The minimum absolute atomic E-state index is 0.289. The molecular formula is C13H17NO. The van der Waals surface area contributed by atoms with Crippen LogP contribution in [-0.2, 0) is 6.42 Å². The van der Waals surface area contributed by atoms with Crippen LogP contribution in [0.25, 0.3) is 0 Å². The topological polar surface area (TPSA) is 20.3 Å². The Hall–Kier alpha value is -1.31. The fourth-order valence-electron chi connectivity index (χ4n) is 2.08. The Morgan fingerprint density at radius 3 is 2.93 bits per heavy atom. The molecule has 1 aromatic carbocycles. The molecule has 1 heterocycles. The Bertz CT molecular complexity index is 384. The van der Waals surface area contributed by atoms with Gasteiger partial charge in [0, 0.05) is 31.3 Å². The standard InChI is InChI=1S/C13H17NO/c1-3-10-6-7-11-12(9-10)14(2)8-4-5-13(11)15/h6-7,9H,3-5,8H2,1-2H3. The lowest BCUT2D eigenvalue weighted by Gasteiger charge is -2.19. The summed E-state index contributed by atoms with van der Waals surface area (Å²) in [5.41, 5.74) is 3.30. The summed E-state index contributed by atoms with van der Waals surface area (Å²) in [6.07, 6.45) is 2.67. The van der Waals surface area contributed by atoms with Gasteiger partial charge in [-0.15, -0.1) is 0 Å². The second-order valence-corrected chi connectivity index (χ2v) is 4.15. The number of Topliss-reactive ketones (excluding diaryl/α,β-unsaturated/α-hetero) is 1. The van der Waals surface area contributed by atoms with Crippen LogP contribution in [0.4, 0.5) is 5.69 Å². The van der Waals surface area contributed by atoms with Gasteiger partial charge in [-0.25, -0.2) is 0 Å². The number of hydrogen-bond acceptors (Lipinski definition) is 2. The molecule has 15 heavy (non-hydrogen) atoms. The van der Waals surface area contributed by atoms with E-state index in [4.69, 9.17) is 0 Å². The zero-order valence-corrected chi connectivity index (χ0v) is 9.42. The molecule has 0 spiro atoms. The Balaban J connectivity index is 2.50. The summed E-state index contributed by atoms with van der Waals surface area (Å²) in [4.78, 5) is 14.0. The molecule has 0 unspecified atom stereocenters. The van der Waals surface area contributed by atoms with Crippen LogP contribution in [0.15, 0.2) is 18.2 Å². The lowest BCUT2D eigenvalue weighted by molar-refractivity contribution is 0.0984. The summed E-state index contributed by atoms with van der Waals surface area (Å²) in [5, 5.41) is 0. The van der Waals surface area contributed by atoms with Crippen LogP contribution < -0.4 is 4.90 Å². The van der Waals surface area contributed by atoms with Gasteiger partial charge in [0.2, 0.25) is 0 Å². The predicted octanol–water partition coefficient (Wildman–Crippen LogP) is 2.66. The summed E-state index contributed by atoms with van der Waals surface area (Å²) in [6, 6.07) is 6.20. The van der Waals surface area contributed by atoms with Crippen molar-refractivity contribution in [1.29, 1.82) is 0 Å². The highest BCUT2D eigenvalue weighted by Crippen LogP contribution is 2.26. The van der Waals surface area contributed by atoms with E-state index in [2.05, 4.69) is 31.0 Å². The number of ketones is 1. The average molecular weight is 203 g/mol. The molecule has 1 aliphatic rings. The first-order valence-electron chi connectivity index (χ1n) is 5.59. The lowest BCUT2D eigenvalue weighted by Crippen LogP contribution is -2.17. The van der Waals surface area contributed by atoms with Crippen molar-refractivity contribution in [1.82, 2.24) is 0 Å². The maximum absolute atomic E-state index is 11.8. The van der Waals surface area contributed by atoms with E-state index in [0.29, 0.717) is 6.42 Å². The van der Waals surface area contributed by atoms with Crippen molar-refractivity contribution < 1.29 is 4.79 Å². The Morgan fingerprint density at radius 1 is 1.40 bits per heavy atom. The van der Waals surface area contributed by atoms with Crippen LogP contribution in [-0.4, -0.2) is 19.4 Å². The maximum atomic E-state index is 11.8. The molecule has 1 aliphatic heterocycles. The molecule has 80 valence electrons. The number of rotatable bonds is 1. The van der Waals surface area contributed by atoms with Gasteiger partial charge in [0.15, 0.2) is 5.78 Å². The molecule has 2 heteroatoms. The smallest absolute Gasteiger partial charge is 0.165 e. The molecule has 0 N–H and O–H groups in total. The van der Waals surface area contributed by atoms with E-state index in [-0.39, 0.29) is 5.78 Å². The molecule has 1 aromatic rings. The van der Waals surface area contributed by atoms with Gasteiger partial charge in [-0.1, -0.05) is 13.0 Å². The van der Waals surface area contributed by atoms with E-state index in [0.717, 1.165) is 30.6 Å². The van der Waals surface area contributed by atoms with E-state index in [1.54, 1.807) is 0 Å². The first kappa shape index (κ1) is 10.2. The van der Waals surface area contributed by atoms with E-state index in [9.17, 15) is 4.79 Å². The van der Waals surface area contributed by atoms with Gasteiger partial charge in [0.25, 0.3) is 0 Å². The molecule has 0 aliphatic carbocycles. The van der Waals surface area contributed by atoms with Gasteiger partial charge in [0.1, 0.15) is 0 Å². The molecule has 0 saturated carbocycles. The summed E-state index contributed by atoms with van der Waals surface area (Å²) >= 11 is 0. The number of benzene rings is 1. The van der Waals surface area contributed by atoms with Crippen LogP contribution in [0.5, 0.6) is 0 Å². The van der Waals surface area contributed by atoms with Crippen molar-refractivity contribution in [3.05, 3.63) is 29.3 Å². The van der Waals surface area contributed by atoms with Gasteiger partial charge in [-0.3, -0.25) is 4.79 Å². The van der Waals surface area contributed by atoms with Crippen LogP contribution in [0.2, 0.25) is 0 Å². The highest BCUT2D eigenvalue weighted by atomic mass is 16.1. The SMILES string of the molecule is CCc1ccc2c(c1)N(C)CCCC2=O. The van der Waals surface area contributed by atoms with Crippen LogP contribution in [0.1, 0.15) is 35.7 Å². The second-order valence-electron chi connectivity index (χ2n) is 4.15. The monoisotopic (exact) mass is 203 g/mol. The Kier molecular flexibility index (Phi) is 2.76. The second kappa shape index (κ2) is 4.05. The predicted molar refractivity (Wildman–Crippen MR) is 62.7 cm³/mol. The maximum Gasteiger partial charge on any atom is 0.165 e. The van der Waals surface area contributed by atoms with Crippen molar-refractivity contribution in [2.75, 3.05) is 18.5 Å². The summed E-state index contributed by atoms with van der Waals surface area (Å²) in [5.74, 6) is 0.289. The molecule has 0 amide bonds. The molecule has 0 saturated heterocycles. The highest BCUT2D eigenvalue weighted by Gasteiger charge is 2.18. The lowest BCUT2D eigenvalue weighted by atomic mass is 10.0. The summed E-state index contributed by atoms with van der Waals surface area (Å²) in [7, 11) is 2.07. The normalized spacial score (nSPS) is 16.1. The van der Waals surface area contributed by atoms with Crippen molar-refractivity contribution in [2.24, 2.45) is 0 Å². The van der Waals surface area contributed by atoms with E-state index in [1.165, 1.54) is 5.56 Å². The molecule has 0 bridgehead atoms. The number of fused-ring (bicyclic) bond motifs is 1. The van der Waals surface area contributed by atoms with E-state index in [1.807, 2.05) is 6.07 Å². The van der Waals surface area contributed by atoms with Crippen LogP contribution >= 0.6 is 0 Å². The molecule has 0 atom stereocenters. The van der Waals surface area contributed by atoms with E-state index < -0.39 is 0 Å². The number of nitrogens with zero attached hydrogens (tertiary/aromatic N) is 1. The first-order chi connectivity index (χ1) is 7.22. The van der Waals surface area contributed by atoms with Crippen molar-refractivity contribution >= 4 is 11.5 Å². The highest BCUT2D eigenvalue weighted by molar-refractivity contribution is 6.02. The summed E-state index contributed by atoms with van der Waals surface area (Å²) in [6.45, 7) is 3.12. The third kappa shape index (κ3) is 1.89. The van der Waals surface area contributed by atoms with Crippen LogP contribution in [0, 0.1) is 0 Å².